The summed E-state index contributed by atoms with van der Waals surface area (Å²) in [6, 6.07) is 13.2. The predicted octanol–water partition coefficient (Wildman–Crippen LogP) is 3.59. The second kappa shape index (κ2) is 5.17. The van der Waals surface area contributed by atoms with Gasteiger partial charge in [0.05, 0.1) is 0 Å². The third-order valence-electron chi connectivity index (χ3n) is 3.47. The summed E-state index contributed by atoms with van der Waals surface area (Å²) < 4.78 is 5.67. The molecule has 0 aliphatic carbocycles. The van der Waals surface area contributed by atoms with E-state index in [0.717, 1.165) is 22.6 Å². The second-order valence-corrected chi connectivity index (χ2v) is 5.23. The SMILES string of the molecule is Cc1c(Cl)cccc1NC(=O)C1Cc2ccccc2O1. The Morgan fingerprint density at radius 1 is 1.25 bits per heavy atom. The highest BCUT2D eigenvalue weighted by Crippen LogP contribution is 2.29. The third-order valence-corrected chi connectivity index (χ3v) is 3.87. The Bertz CT molecular complexity index is 644. The van der Waals surface area contributed by atoms with Gasteiger partial charge in [0, 0.05) is 17.1 Å². The van der Waals surface area contributed by atoms with Crippen LogP contribution in [-0.4, -0.2) is 12.0 Å². The Labute approximate surface area is 122 Å². The van der Waals surface area contributed by atoms with Crippen LogP contribution >= 0.6 is 11.6 Å². The van der Waals surface area contributed by atoms with Gasteiger partial charge in [-0.15, -0.1) is 0 Å². The topological polar surface area (TPSA) is 38.3 Å². The summed E-state index contributed by atoms with van der Waals surface area (Å²) in [6.07, 6.45) is 0.118. The summed E-state index contributed by atoms with van der Waals surface area (Å²) in [5.74, 6) is 0.641. The Morgan fingerprint density at radius 2 is 2.05 bits per heavy atom. The van der Waals surface area contributed by atoms with Crippen LogP contribution in [0.2, 0.25) is 5.02 Å². The van der Waals surface area contributed by atoms with E-state index >= 15 is 0 Å². The average Bonchev–Trinajstić information content (AvgIpc) is 2.88. The molecule has 0 saturated heterocycles. The van der Waals surface area contributed by atoms with E-state index in [-0.39, 0.29) is 5.91 Å². The number of anilines is 1. The average molecular weight is 288 g/mol. The number of benzene rings is 2. The Hall–Kier alpha value is -2.00. The van der Waals surface area contributed by atoms with E-state index in [0.29, 0.717) is 11.4 Å². The zero-order valence-corrected chi connectivity index (χ0v) is 11.8. The molecule has 1 heterocycles. The van der Waals surface area contributed by atoms with Crippen LogP contribution in [0.3, 0.4) is 0 Å². The van der Waals surface area contributed by atoms with Gasteiger partial charge in [0.2, 0.25) is 0 Å². The van der Waals surface area contributed by atoms with Crippen molar-refractivity contribution in [2.24, 2.45) is 0 Å². The summed E-state index contributed by atoms with van der Waals surface area (Å²) in [7, 11) is 0. The number of nitrogens with one attached hydrogen (secondary N) is 1. The molecule has 0 saturated carbocycles. The quantitative estimate of drug-likeness (QED) is 0.917. The van der Waals surface area contributed by atoms with Gasteiger partial charge < -0.3 is 10.1 Å². The van der Waals surface area contributed by atoms with E-state index < -0.39 is 6.10 Å². The first-order chi connectivity index (χ1) is 9.65. The van der Waals surface area contributed by atoms with Gasteiger partial charge in [0.1, 0.15) is 5.75 Å². The molecule has 1 aliphatic heterocycles. The maximum Gasteiger partial charge on any atom is 0.265 e. The van der Waals surface area contributed by atoms with Gasteiger partial charge in [-0.3, -0.25) is 4.79 Å². The molecule has 0 fully saturated rings. The second-order valence-electron chi connectivity index (χ2n) is 4.82. The van der Waals surface area contributed by atoms with Crippen molar-refractivity contribution in [1.82, 2.24) is 0 Å². The van der Waals surface area contributed by atoms with Crippen LogP contribution in [0.1, 0.15) is 11.1 Å². The van der Waals surface area contributed by atoms with Gasteiger partial charge in [0.25, 0.3) is 5.91 Å². The minimum atomic E-state index is -0.481. The van der Waals surface area contributed by atoms with Crippen LogP contribution in [0.15, 0.2) is 42.5 Å². The van der Waals surface area contributed by atoms with Crippen LogP contribution < -0.4 is 10.1 Å². The van der Waals surface area contributed by atoms with E-state index in [1.54, 1.807) is 6.07 Å². The number of hydrogen-bond acceptors (Lipinski definition) is 2. The summed E-state index contributed by atoms with van der Waals surface area (Å²) in [6.45, 7) is 1.88. The van der Waals surface area contributed by atoms with Gasteiger partial charge in [-0.25, -0.2) is 0 Å². The van der Waals surface area contributed by atoms with Crippen molar-refractivity contribution in [2.75, 3.05) is 5.32 Å². The smallest absolute Gasteiger partial charge is 0.265 e. The molecule has 0 aromatic heterocycles. The number of hydrogen-bond donors (Lipinski definition) is 1. The van der Waals surface area contributed by atoms with E-state index in [2.05, 4.69) is 5.32 Å². The van der Waals surface area contributed by atoms with E-state index in [9.17, 15) is 4.79 Å². The van der Waals surface area contributed by atoms with Crippen LogP contribution in [0.25, 0.3) is 0 Å². The van der Waals surface area contributed by atoms with Gasteiger partial charge in [-0.05, 0) is 36.2 Å². The summed E-state index contributed by atoms with van der Waals surface area (Å²) in [4.78, 5) is 12.3. The lowest BCUT2D eigenvalue weighted by atomic mass is 10.1. The predicted molar refractivity (Wildman–Crippen MR) is 79.4 cm³/mol. The van der Waals surface area contributed by atoms with E-state index in [1.165, 1.54) is 0 Å². The molecule has 3 nitrogen and oxygen atoms in total. The summed E-state index contributed by atoms with van der Waals surface area (Å²) >= 11 is 6.05. The fourth-order valence-electron chi connectivity index (χ4n) is 2.28. The Morgan fingerprint density at radius 3 is 2.85 bits per heavy atom. The van der Waals surface area contributed by atoms with Crippen molar-refractivity contribution in [3.63, 3.8) is 0 Å². The standard InChI is InChI=1S/C16H14ClNO2/c1-10-12(17)6-4-7-13(10)18-16(19)15-9-11-5-2-3-8-14(11)20-15/h2-8,15H,9H2,1H3,(H,18,19). The maximum atomic E-state index is 12.3. The van der Waals surface area contributed by atoms with Crippen LogP contribution in [-0.2, 0) is 11.2 Å². The van der Waals surface area contributed by atoms with Crippen molar-refractivity contribution >= 4 is 23.2 Å². The van der Waals surface area contributed by atoms with Gasteiger partial charge in [-0.2, -0.15) is 0 Å². The fourth-order valence-corrected chi connectivity index (χ4v) is 2.46. The van der Waals surface area contributed by atoms with Gasteiger partial charge in [-0.1, -0.05) is 35.9 Å². The van der Waals surface area contributed by atoms with Gasteiger partial charge >= 0.3 is 0 Å². The van der Waals surface area contributed by atoms with Crippen LogP contribution in [0.5, 0.6) is 5.75 Å². The number of rotatable bonds is 2. The lowest BCUT2D eigenvalue weighted by Crippen LogP contribution is -2.31. The first-order valence-electron chi connectivity index (χ1n) is 6.45. The fraction of sp³-hybridized carbons (Fsp3) is 0.188. The third kappa shape index (κ3) is 2.37. The molecule has 1 N–H and O–H groups in total. The van der Waals surface area contributed by atoms with Crippen molar-refractivity contribution < 1.29 is 9.53 Å². The van der Waals surface area contributed by atoms with Crippen molar-refractivity contribution in [3.8, 4) is 5.75 Å². The Kier molecular flexibility index (Phi) is 3.36. The monoisotopic (exact) mass is 287 g/mol. The molecule has 2 aromatic carbocycles. The molecule has 3 rings (SSSR count). The molecule has 4 heteroatoms. The number of carbonyl (C=O) groups excluding carboxylic acids is 1. The number of halogens is 1. The zero-order chi connectivity index (χ0) is 14.1. The molecular weight excluding hydrogens is 274 g/mol. The largest absolute Gasteiger partial charge is 0.480 e. The first-order valence-corrected chi connectivity index (χ1v) is 6.83. The highest BCUT2D eigenvalue weighted by Gasteiger charge is 2.29. The highest BCUT2D eigenvalue weighted by molar-refractivity contribution is 6.31. The number of amides is 1. The molecule has 0 spiro atoms. The molecule has 0 bridgehead atoms. The number of ether oxygens (including phenoxy) is 1. The Balaban J connectivity index is 1.74. The molecule has 1 amide bonds. The van der Waals surface area contributed by atoms with E-state index in [1.807, 2.05) is 43.3 Å². The molecule has 0 radical (unpaired) electrons. The molecule has 102 valence electrons. The first kappa shape index (κ1) is 13.0. The van der Waals surface area contributed by atoms with Gasteiger partial charge in [0.15, 0.2) is 6.10 Å². The number of fused-ring (bicyclic) bond motifs is 1. The molecular formula is C16H14ClNO2. The van der Waals surface area contributed by atoms with Crippen molar-refractivity contribution in [2.45, 2.75) is 19.4 Å². The van der Waals surface area contributed by atoms with Crippen LogP contribution in [0.4, 0.5) is 5.69 Å². The minimum Gasteiger partial charge on any atom is -0.480 e. The molecule has 1 unspecified atom stereocenters. The zero-order valence-electron chi connectivity index (χ0n) is 11.0. The molecule has 2 aromatic rings. The highest BCUT2D eigenvalue weighted by atomic mass is 35.5. The summed E-state index contributed by atoms with van der Waals surface area (Å²) in [5, 5.41) is 3.52. The molecule has 1 atom stereocenters. The number of carbonyl (C=O) groups is 1. The number of para-hydroxylation sites is 1. The van der Waals surface area contributed by atoms with Crippen molar-refractivity contribution in [3.05, 3.63) is 58.6 Å². The van der Waals surface area contributed by atoms with E-state index in [4.69, 9.17) is 16.3 Å². The van der Waals surface area contributed by atoms with Crippen LogP contribution in [0, 0.1) is 6.92 Å². The normalized spacial score (nSPS) is 16.4. The molecule has 1 aliphatic rings. The summed E-state index contributed by atoms with van der Waals surface area (Å²) in [5.41, 5.74) is 2.65. The maximum absolute atomic E-state index is 12.3. The molecule has 20 heavy (non-hydrogen) atoms. The lowest BCUT2D eigenvalue weighted by molar-refractivity contribution is -0.122. The van der Waals surface area contributed by atoms with Crippen molar-refractivity contribution in [1.29, 1.82) is 0 Å². The minimum absolute atomic E-state index is 0.147. The lowest BCUT2D eigenvalue weighted by Gasteiger charge is -2.13.